The van der Waals surface area contributed by atoms with Gasteiger partial charge in [0.25, 0.3) is 0 Å². The third kappa shape index (κ3) is 5.34. The van der Waals surface area contributed by atoms with E-state index in [1.807, 2.05) is 30.3 Å². The second-order valence-corrected chi connectivity index (χ2v) is 5.56. The number of carboxylic acids is 1. The molecule has 0 fully saturated rings. The first-order valence-electron chi connectivity index (χ1n) is 7.80. The predicted molar refractivity (Wildman–Crippen MR) is 96.3 cm³/mol. The van der Waals surface area contributed by atoms with Crippen LogP contribution in [0.4, 0.5) is 5.69 Å². The van der Waals surface area contributed by atoms with E-state index in [1.54, 1.807) is 31.4 Å². The maximum Gasteiger partial charge on any atom is 0.322 e. The molecule has 0 aliphatic carbocycles. The number of methoxy groups -OCH3 is 1. The average molecular weight is 342 g/mol. The summed E-state index contributed by atoms with van der Waals surface area (Å²) < 4.78 is 5.08. The van der Waals surface area contributed by atoms with Crippen molar-refractivity contribution in [1.29, 1.82) is 0 Å². The van der Waals surface area contributed by atoms with Crippen LogP contribution in [0, 0.1) is 0 Å². The summed E-state index contributed by atoms with van der Waals surface area (Å²) >= 11 is 0. The third-order valence-corrected chi connectivity index (χ3v) is 3.75. The Hall–Kier alpha value is -2.83. The van der Waals surface area contributed by atoms with Gasteiger partial charge in [0.1, 0.15) is 11.8 Å². The Labute approximate surface area is 146 Å². The number of aliphatic hydroxyl groups excluding tert-OH is 1. The first kappa shape index (κ1) is 18.5. The number of para-hydroxylation sites is 1. The second-order valence-electron chi connectivity index (χ2n) is 5.56. The van der Waals surface area contributed by atoms with Gasteiger partial charge >= 0.3 is 5.97 Å². The van der Waals surface area contributed by atoms with Crippen LogP contribution in [-0.4, -0.2) is 29.3 Å². The number of rotatable bonds is 9. The summed E-state index contributed by atoms with van der Waals surface area (Å²) in [5.41, 5.74) is 7.38. The largest absolute Gasteiger partial charge is 0.497 e. The fraction of sp³-hybridized carbons (Fsp3) is 0.211. The van der Waals surface area contributed by atoms with E-state index in [4.69, 9.17) is 4.74 Å². The molecule has 2 unspecified atom stereocenters. The number of hydrogen-bond acceptors (Lipinski definition) is 5. The predicted octanol–water partition coefficient (Wildman–Crippen LogP) is 2.74. The van der Waals surface area contributed by atoms with Crippen LogP contribution in [0.1, 0.15) is 18.1 Å². The molecule has 2 atom stereocenters. The zero-order valence-electron chi connectivity index (χ0n) is 14.0. The number of nitrogens with one attached hydrogen (secondary N) is 2. The fourth-order valence-corrected chi connectivity index (χ4v) is 2.29. The van der Waals surface area contributed by atoms with E-state index >= 15 is 0 Å². The van der Waals surface area contributed by atoms with E-state index in [1.165, 1.54) is 0 Å². The highest BCUT2D eigenvalue weighted by Crippen LogP contribution is 2.25. The number of ether oxygens (including phenoxy) is 1. The van der Waals surface area contributed by atoms with Crippen molar-refractivity contribution >= 4 is 11.7 Å². The number of hydrogen-bond donors (Lipinski definition) is 4. The summed E-state index contributed by atoms with van der Waals surface area (Å²) in [5.74, 6) is -0.356. The number of aliphatic hydroxyl groups is 1. The Morgan fingerprint density at radius 3 is 2.36 bits per heavy atom. The summed E-state index contributed by atoms with van der Waals surface area (Å²) in [5, 5.41) is 19.8. The summed E-state index contributed by atoms with van der Waals surface area (Å²) in [6.45, 7) is 3.84. The summed E-state index contributed by atoms with van der Waals surface area (Å²) in [7, 11) is 1.56. The second kappa shape index (κ2) is 8.86. The number of hydrazine groups is 1. The van der Waals surface area contributed by atoms with Gasteiger partial charge in [-0.3, -0.25) is 4.79 Å². The van der Waals surface area contributed by atoms with E-state index in [-0.39, 0.29) is 6.42 Å². The van der Waals surface area contributed by atoms with Crippen LogP contribution in [0.15, 0.2) is 66.7 Å². The number of carboxylic acid groups (broad SMARTS) is 1. The maximum absolute atomic E-state index is 11.5. The van der Waals surface area contributed by atoms with Gasteiger partial charge in [-0.2, -0.15) is 0 Å². The lowest BCUT2D eigenvalue weighted by Crippen LogP contribution is -2.40. The first-order chi connectivity index (χ1) is 12.0. The highest BCUT2D eigenvalue weighted by atomic mass is 16.5. The molecule has 0 heterocycles. The SMILES string of the molecule is C=C(CC(NNc1ccccc1)C(=O)O)C(O)c1ccc(OC)cc1. The Balaban J connectivity index is 1.97. The van der Waals surface area contributed by atoms with Crippen molar-refractivity contribution in [3.8, 4) is 5.75 Å². The molecule has 6 heteroatoms. The Morgan fingerprint density at radius 2 is 1.80 bits per heavy atom. The molecule has 2 aromatic rings. The molecule has 25 heavy (non-hydrogen) atoms. The molecule has 2 aromatic carbocycles. The molecule has 2 rings (SSSR count). The van der Waals surface area contributed by atoms with Crippen molar-refractivity contribution in [2.24, 2.45) is 0 Å². The van der Waals surface area contributed by atoms with E-state index in [0.29, 0.717) is 16.9 Å². The van der Waals surface area contributed by atoms with Crippen molar-refractivity contribution in [2.45, 2.75) is 18.6 Å². The molecule has 0 aliphatic heterocycles. The topological polar surface area (TPSA) is 90.8 Å². The zero-order chi connectivity index (χ0) is 18.2. The van der Waals surface area contributed by atoms with Crippen LogP contribution >= 0.6 is 0 Å². The molecular formula is C19H22N2O4. The van der Waals surface area contributed by atoms with Crippen LogP contribution in [0.2, 0.25) is 0 Å². The van der Waals surface area contributed by atoms with Crippen molar-refractivity contribution in [3.05, 3.63) is 72.3 Å². The van der Waals surface area contributed by atoms with Gasteiger partial charge in [-0.1, -0.05) is 36.9 Å². The van der Waals surface area contributed by atoms with Crippen LogP contribution in [0.5, 0.6) is 5.75 Å². The number of aliphatic carboxylic acids is 1. The molecule has 0 radical (unpaired) electrons. The molecule has 0 aliphatic rings. The molecule has 0 amide bonds. The highest BCUT2D eigenvalue weighted by Gasteiger charge is 2.22. The summed E-state index contributed by atoms with van der Waals surface area (Å²) in [6.07, 6.45) is -0.881. The number of carbonyl (C=O) groups is 1. The van der Waals surface area contributed by atoms with E-state index in [9.17, 15) is 15.0 Å². The van der Waals surface area contributed by atoms with Crippen LogP contribution in [0.3, 0.4) is 0 Å². The number of benzene rings is 2. The lowest BCUT2D eigenvalue weighted by Gasteiger charge is -2.20. The summed E-state index contributed by atoms with van der Waals surface area (Å²) in [4.78, 5) is 11.5. The van der Waals surface area contributed by atoms with E-state index in [0.717, 1.165) is 5.69 Å². The van der Waals surface area contributed by atoms with Gasteiger partial charge in [0.05, 0.1) is 13.2 Å². The van der Waals surface area contributed by atoms with Crippen LogP contribution < -0.4 is 15.6 Å². The summed E-state index contributed by atoms with van der Waals surface area (Å²) in [6, 6.07) is 15.2. The molecule has 0 bridgehead atoms. The Bertz CT molecular complexity index is 701. The molecule has 0 saturated heterocycles. The molecule has 0 aromatic heterocycles. The molecule has 0 spiro atoms. The first-order valence-corrected chi connectivity index (χ1v) is 7.80. The van der Waals surface area contributed by atoms with Gasteiger partial charge in [-0.15, -0.1) is 0 Å². The normalized spacial score (nSPS) is 12.9. The minimum Gasteiger partial charge on any atom is -0.497 e. The van der Waals surface area contributed by atoms with Crippen molar-refractivity contribution in [3.63, 3.8) is 0 Å². The molecule has 4 N–H and O–H groups in total. The molecule has 0 saturated carbocycles. The van der Waals surface area contributed by atoms with Gasteiger partial charge in [0, 0.05) is 5.69 Å². The van der Waals surface area contributed by atoms with Crippen molar-refractivity contribution in [2.75, 3.05) is 12.5 Å². The van der Waals surface area contributed by atoms with Crippen molar-refractivity contribution in [1.82, 2.24) is 5.43 Å². The quantitative estimate of drug-likeness (QED) is 0.414. The average Bonchev–Trinajstić information content (AvgIpc) is 2.65. The Kier molecular flexibility index (Phi) is 6.56. The van der Waals surface area contributed by atoms with Gasteiger partial charge in [0.2, 0.25) is 0 Å². The van der Waals surface area contributed by atoms with Crippen LogP contribution in [-0.2, 0) is 4.79 Å². The lowest BCUT2D eigenvalue weighted by atomic mass is 9.97. The van der Waals surface area contributed by atoms with E-state index < -0.39 is 18.1 Å². The van der Waals surface area contributed by atoms with Gasteiger partial charge in [-0.25, -0.2) is 5.43 Å². The van der Waals surface area contributed by atoms with Crippen molar-refractivity contribution < 1.29 is 19.7 Å². The molecule has 132 valence electrons. The monoisotopic (exact) mass is 342 g/mol. The fourth-order valence-electron chi connectivity index (χ4n) is 2.29. The minimum atomic E-state index is -1.04. The van der Waals surface area contributed by atoms with Crippen LogP contribution in [0.25, 0.3) is 0 Å². The van der Waals surface area contributed by atoms with Gasteiger partial charge in [-0.05, 0) is 41.8 Å². The zero-order valence-corrected chi connectivity index (χ0v) is 14.0. The third-order valence-electron chi connectivity index (χ3n) is 3.75. The lowest BCUT2D eigenvalue weighted by molar-refractivity contribution is -0.139. The maximum atomic E-state index is 11.5. The highest BCUT2D eigenvalue weighted by molar-refractivity contribution is 5.74. The molecular weight excluding hydrogens is 320 g/mol. The molecule has 6 nitrogen and oxygen atoms in total. The van der Waals surface area contributed by atoms with E-state index in [2.05, 4.69) is 17.4 Å². The number of anilines is 1. The minimum absolute atomic E-state index is 0.0718. The standard InChI is InChI=1S/C19H22N2O4/c1-13(18(22)14-8-10-16(25-2)11-9-14)12-17(19(23)24)21-20-15-6-4-3-5-7-15/h3-11,17-18,20-22H,1,12H2,2H3,(H,23,24). The smallest absolute Gasteiger partial charge is 0.322 e. The van der Waals surface area contributed by atoms with Gasteiger partial charge < -0.3 is 20.4 Å². The Morgan fingerprint density at radius 1 is 1.16 bits per heavy atom. The van der Waals surface area contributed by atoms with Gasteiger partial charge in [0.15, 0.2) is 0 Å².